The Morgan fingerprint density at radius 3 is 2.70 bits per heavy atom. The second-order valence-electron chi connectivity index (χ2n) is 10.8. The van der Waals surface area contributed by atoms with Crippen molar-refractivity contribution in [2.45, 2.75) is 77.2 Å². The molecule has 0 radical (unpaired) electrons. The van der Waals surface area contributed by atoms with Gasteiger partial charge in [0, 0.05) is 36.8 Å². The van der Waals surface area contributed by atoms with Gasteiger partial charge in [-0.2, -0.15) is 0 Å². The van der Waals surface area contributed by atoms with Crippen molar-refractivity contribution in [3.8, 4) is 17.1 Å². The van der Waals surface area contributed by atoms with E-state index in [2.05, 4.69) is 45.1 Å². The molecule has 1 fully saturated rings. The number of benzene rings is 2. The molecule has 3 aromatic rings. The van der Waals surface area contributed by atoms with Gasteiger partial charge in [-0.05, 0) is 80.1 Å². The predicted molar refractivity (Wildman–Crippen MR) is 140 cm³/mol. The Morgan fingerprint density at radius 2 is 1.95 bits per heavy atom. The molecule has 0 unspecified atom stereocenters. The Morgan fingerprint density at radius 1 is 1.14 bits per heavy atom. The number of piperidine rings is 1. The number of amides is 1. The molecule has 9 nitrogen and oxygen atoms in total. The maximum Gasteiger partial charge on any atom is 0.410 e. The van der Waals surface area contributed by atoms with Crippen LogP contribution in [0.3, 0.4) is 0 Å². The van der Waals surface area contributed by atoms with Gasteiger partial charge in [0.1, 0.15) is 11.4 Å². The number of likely N-dealkylation sites (tertiary alicyclic amines) is 1. The van der Waals surface area contributed by atoms with E-state index < -0.39 is 5.60 Å². The topological polar surface area (TPSA) is 94.4 Å². The number of tetrazole rings is 1. The maximum absolute atomic E-state index is 13.2. The standard InChI is InChI=1S/C28H36N6O3/c1-28(2,3)37-27(35)33-14-9-13-23(25(33)19-10-6-5-7-11-19)29-18-21-16-22-20(17-24(21)36-4)12-8-15-34-26(22)30-31-32-34/h5-7,10-11,16-17,23,25,29H,8-9,12-15,18H2,1-4H3/t23-,25-/m0/s1. The Bertz CT molecular complexity index is 1240. The number of hydrogen-bond donors (Lipinski definition) is 1. The molecule has 3 heterocycles. The monoisotopic (exact) mass is 504 g/mol. The number of carbonyl (C=O) groups excluding carboxylic acids is 1. The number of rotatable bonds is 5. The molecule has 1 saturated heterocycles. The van der Waals surface area contributed by atoms with Crippen molar-refractivity contribution in [3.05, 3.63) is 59.2 Å². The van der Waals surface area contributed by atoms with Gasteiger partial charge in [0.15, 0.2) is 5.82 Å². The van der Waals surface area contributed by atoms with Crippen LogP contribution in [0.5, 0.6) is 5.75 Å². The molecule has 5 rings (SSSR count). The van der Waals surface area contributed by atoms with E-state index in [1.54, 1.807) is 7.11 Å². The molecule has 2 atom stereocenters. The van der Waals surface area contributed by atoms with Crippen LogP contribution in [0.15, 0.2) is 42.5 Å². The zero-order valence-corrected chi connectivity index (χ0v) is 22.1. The third-order valence-electron chi connectivity index (χ3n) is 7.05. The lowest BCUT2D eigenvalue weighted by Crippen LogP contribution is -2.51. The van der Waals surface area contributed by atoms with Crippen LogP contribution in [0.2, 0.25) is 0 Å². The number of aromatic nitrogens is 4. The van der Waals surface area contributed by atoms with Gasteiger partial charge in [0.05, 0.1) is 13.2 Å². The molecule has 1 amide bonds. The lowest BCUT2D eigenvalue weighted by Gasteiger charge is -2.42. The number of nitrogens with one attached hydrogen (secondary N) is 1. The predicted octanol–water partition coefficient (Wildman–Crippen LogP) is 4.53. The van der Waals surface area contributed by atoms with Crippen molar-refractivity contribution >= 4 is 6.09 Å². The molecule has 0 spiro atoms. The number of ether oxygens (including phenoxy) is 2. The quantitative estimate of drug-likeness (QED) is 0.546. The van der Waals surface area contributed by atoms with E-state index >= 15 is 0 Å². The minimum atomic E-state index is -0.552. The SMILES string of the molecule is COc1cc2c(cc1CN[C@H]1CCCN(C(=O)OC(C)(C)C)[C@H]1c1ccccc1)-c1nnnn1CCC2. The van der Waals surface area contributed by atoms with Crippen LogP contribution in [-0.4, -0.2) is 56.5 Å². The van der Waals surface area contributed by atoms with Gasteiger partial charge in [-0.3, -0.25) is 4.90 Å². The third kappa shape index (κ3) is 5.46. The molecule has 2 aromatic carbocycles. The molecule has 1 aromatic heterocycles. The number of fused-ring (bicyclic) bond motifs is 3. The number of nitrogens with zero attached hydrogens (tertiary/aromatic N) is 5. The maximum atomic E-state index is 13.2. The summed E-state index contributed by atoms with van der Waals surface area (Å²) < 4.78 is 13.5. The largest absolute Gasteiger partial charge is 0.496 e. The zero-order chi connectivity index (χ0) is 26.0. The average Bonchev–Trinajstić information content (AvgIpc) is 3.28. The van der Waals surface area contributed by atoms with Gasteiger partial charge in [-0.25, -0.2) is 9.48 Å². The molecule has 2 aliphatic rings. The van der Waals surface area contributed by atoms with Crippen molar-refractivity contribution in [1.82, 2.24) is 30.4 Å². The van der Waals surface area contributed by atoms with E-state index in [9.17, 15) is 4.79 Å². The summed E-state index contributed by atoms with van der Waals surface area (Å²) in [5.74, 6) is 1.65. The summed E-state index contributed by atoms with van der Waals surface area (Å²) >= 11 is 0. The zero-order valence-electron chi connectivity index (χ0n) is 22.1. The Kier molecular flexibility index (Phi) is 7.15. The molecule has 0 aliphatic carbocycles. The summed E-state index contributed by atoms with van der Waals surface area (Å²) in [4.78, 5) is 15.1. The van der Waals surface area contributed by atoms with Crippen LogP contribution in [0.1, 0.15) is 62.8 Å². The first kappa shape index (κ1) is 25.2. The minimum Gasteiger partial charge on any atom is -0.496 e. The van der Waals surface area contributed by atoms with Crippen molar-refractivity contribution in [1.29, 1.82) is 0 Å². The highest BCUT2D eigenvalue weighted by molar-refractivity contribution is 5.69. The van der Waals surface area contributed by atoms with Crippen LogP contribution in [0, 0.1) is 0 Å². The number of methoxy groups -OCH3 is 1. The summed E-state index contributed by atoms with van der Waals surface area (Å²) in [7, 11) is 1.71. The first-order valence-corrected chi connectivity index (χ1v) is 13.1. The van der Waals surface area contributed by atoms with Gasteiger partial charge >= 0.3 is 6.09 Å². The van der Waals surface area contributed by atoms with Crippen LogP contribution in [-0.2, 0) is 24.2 Å². The molecule has 0 bridgehead atoms. The highest BCUT2D eigenvalue weighted by atomic mass is 16.6. The van der Waals surface area contributed by atoms with Gasteiger partial charge in [-0.1, -0.05) is 30.3 Å². The van der Waals surface area contributed by atoms with Crippen LogP contribution in [0.4, 0.5) is 4.79 Å². The Hall–Kier alpha value is -3.46. The van der Waals surface area contributed by atoms with E-state index in [0.29, 0.717) is 13.1 Å². The molecule has 0 saturated carbocycles. The van der Waals surface area contributed by atoms with E-state index in [0.717, 1.165) is 60.5 Å². The second-order valence-corrected chi connectivity index (χ2v) is 10.8. The summed E-state index contributed by atoms with van der Waals surface area (Å²) in [5.41, 5.74) is 3.84. The summed E-state index contributed by atoms with van der Waals surface area (Å²) in [5, 5.41) is 16.1. The lowest BCUT2D eigenvalue weighted by molar-refractivity contribution is 0.00380. The number of aryl methyl sites for hydroxylation is 2. The highest BCUT2D eigenvalue weighted by Crippen LogP contribution is 2.35. The molecule has 196 valence electrons. The van der Waals surface area contributed by atoms with Gasteiger partial charge in [-0.15, -0.1) is 5.10 Å². The summed E-state index contributed by atoms with van der Waals surface area (Å²) in [6.07, 6.45) is 3.49. The fraction of sp³-hybridized carbons (Fsp3) is 0.500. The van der Waals surface area contributed by atoms with Crippen molar-refractivity contribution < 1.29 is 14.3 Å². The van der Waals surface area contributed by atoms with Crippen LogP contribution < -0.4 is 10.1 Å². The van der Waals surface area contributed by atoms with Gasteiger partial charge in [0.25, 0.3) is 0 Å². The van der Waals surface area contributed by atoms with Gasteiger partial charge in [0.2, 0.25) is 0 Å². The minimum absolute atomic E-state index is 0.0532. The molecule has 37 heavy (non-hydrogen) atoms. The van der Waals surface area contributed by atoms with Crippen LogP contribution in [0.25, 0.3) is 11.4 Å². The van der Waals surface area contributed by atoms with E-state index in [4.69, 9.17) is 9.47 Å². The lowest BCUT2D eigenvalue weighted by atomic mass is 9.90. The smallest absolute Gasteiger partial charge is 0.410 e. The first-order chi connectivity index (χ1) is 17.8. The van der Waals surface area contributed by atoms with E-state index in [1.807, 2.05) is 48.6 Å². The summed E-state index contributed by atoms with van der Waals surface area (Å²) in [6, 6.07) is 14.4. The van der Waals surface area contributed by atoms with E-state index in [-0.39, 0.29) is 18.2 Å². The highest BCUT2D eigenvalue weighted by Gasteiger charge is 2.37. The summed E-state index contributed by atoms with van der Waals surface area (Å²) in [6.45, 7) is 7.77. The molecule has 9 heteroatoms. The second kappa shape index (κ2) is 10.5. The molecular weight excluding hydrogens is 468 g/mol. The van der Waals surface area contributed by atoms with Crippen LogP contribution >= 0.6 is 0 Å². The number of hydrogen-bond acceptors (Lipinski definition) is 7. The first-order valence-electron chi connectivity index (χ1n) is 13.1. The van der Waals surface area contributed by atoms with Crippen molar-refractivity contribution in [2.75, 3.05) is 13.7 Å². The normalized spacial score (nSPS) is 19.5. The van der Waals surface area contributed by atoms with Crippen molar-refractivity contribution in [2.24, 2.45) is 0 Å². The number of carbonyl (C=O) groups is 1. The Labute approximate surface area is 218 Å². The molecular formula is C28H36N6O3. The molecule has 2 aliphatic heterocycles. The molecule has 1 N–H and O–H groups in total. The average molecular weight is 505 g/mol. The fourth-order valence-electron chi connectivity index (χ4n) is 5.42. The van der Waals surface area contributed by atoms with Gasteiger partial charge < -0.3 is 14.8 Å². The van der Waals surface area contributed by atoms with E-state index in [1.165, 1.54) is 5.56 Å². The fourth-order valence-corrected chi connectivity index (χ4v) is 5.42. The Balaban J connectivity index is 1.43. The van der Waals surface area contributed by atoms with Crippen molar-refractivity contribution in [3.63, 3.8) is 0 Å². The third-order valence-corrected chi connectivity index (χ3v) is 7.05.